The lowest BCUT2D eigenvalue weighted by atomic mass is 10.0. The van der Waals surface area contributed by atoms with Crippen LogP contribution in [0.1, 0.15) is 48.1 Å². The minimum atomic E-state index is -0.993. The summed E-state index contributed by atoms with van der Waals surface area (Å²) in [5.74, 6) is -0.748. The molecule has 3 saturated heterocycles. The van der Waals surface area contributed by atoms with Crippen molar-refractivity contribution in [2.45, 2.75) is 62.4 Å². The predicted molar refractivity (Wildman–Crippen MR) is 113 cm³/mol. The number of rotatable bonds is 6. The molecule has 3 aliphatic heterocycles. The summed E-state index contributed by atoms with van der Waals surface area (Å²) in [5.41, 5.74) is 7.25. The summed E-state index contributed by atoms with van der Waals surface area (Å²) in [4.78, 5) is 42.9. The lowest BCUT2D eigenvalue weighted by Crippen LogP contribution is -2.57. The summed E-state index contributed by atoms with van der Waals surface area (Å²) in [6, 6.07) is 7.39. The Morgan fingerprint density at radius 2 is 2.09 bits per heavy atom. The van der Waals surface area contributed by atoms with Gasteiger partial charge in [-0.2, -0.15) is 5.26 Å². The highest BCUT2D eigenvalue weighted by atomic mass is 16.4. The van der Waals surface area contributed by atoms with Gasteiger partial charge in [-0.25, -0.2) is 4.79 Å². The molecule has 1 aromatic rings. The summed E-state index contributed by atoms with van der Waals surface area (Å²) in [7, 11) is 0. The molecule has 168 valence electrons. The number of aromatic carboxylic acids is 1. The number of nitrogens with two attached hydrogens (primary N) is 1. The number of fused-ring (bicyclic) bond motifs is 3. The number of benzene rings is 1. The number of likely N-dealkylation sites (tertiary alicyclic amines) is 3. The highest BCUT2D eigenvalue weighted by Crippen LogP contribution is 2.48. The van der Waals surface area contributed by atoms with Crippen LogP contribution >= 0.6 is 0 Å². The number of amides is 2. The molecule has 1 aromatic carbocycles. The van der Waals surface area contributed by atoms with E-state index in [9.17, 15) is 24.8 Å². The van der Waals surface area contributed by atoms with Crippen LogP contribution in [0.4, 0.5) is 0 Å². The number of carboxylic acid groups (broad SMARTS) is 1. The van der Waals surface area contributed by atoms with Crippen molar-refractivity contribution in [3.05, 3.63) is 35.4 Å². The summed E-state index contributed by atoms with van der Waals surface area (Å²) >= 11 is 0. The van der Waals surface area contributed by atoms with Gasteiger partial charge in [0.1, 0.15) is 6.04 Å². The third kappa shape index (κ3) is 3.26. The van der Waals surface area contributed by atoms with Crippen LogP contribution in [0.15, 0.2) is 24.3 Å². The van der Waals surface area contributed by atoms with Gasteiger partial charge in [-0.15, -0.1) is 0 Å². The minimum absolute atomic E-state index is 0.00439. The molecule has 1 saturated carbocycles. The van der Waals surface area contributed by atoms with Gasteiger partial charge in [-0.05, 0) is 49.8 Å². The van der Waals surface area contributed by atoms with Crippen LogP contribution in [-0.2, 0) is 9.59 Å². The molecule has 2 bridgehead atoms. The second kappa shape index (κ2) is 7.57. The zero-order valence-electron chi connectivity index (χ0n) is 17.9. The first-order valence-corrected chi connectivity index (χ1v) is 11.2. The zero-order chi connectivity index (χ0) is 22.7. The summed E-state index contributed by atoms with van der Waals surface area (Å²) in [6.45, 7) is 2.85. The number of nitrogens with zero attached hydrogens (tertiary/aromatic N) is 4. The normalized spacial score (nSPS) is 32.5. The molecule has 3 N–H and O–H groups in total. The molecule has 0 aromatic heterocycles. The molecule has 3 heterocycles. The smallest absolute Gasteiger partial charge is 0.335 e. The molecule has 4 aliphatic rings. The van der Waals surface area contributed by atoms with Gasteiger partial charge in [0.05, 0.1) is 29.8 Å². The van der Waals surface area contributed by atoms with Crippen molar-refractivity contribution in [2.24, 2.45) is 11.7 Å². The molecular weight excluding hydrogens is 410 g/mol. The molecular formula is C23H27N5O4. The number of piperazine rings is 1. The molecule has 1 aliphatic carbocycles. The molecule has 32 heavy (non-hydrogen) atoms. The Bertz CT molecular complexity index is 1020. The van der Waals surface area contributed by atoms with Gasteiger partial charge >= 0.3 is 5.97 Å². The van der Waals surface area contributed by atoms with Crippen molar-refractivity contribution in [1.29, 1.82) is 5.26 Å². The number of hydrogen-bond donors (Lipinski definition) is 2. The predicted octanol–water partition coefficient (Wildman–Crippen LogP) is 0.571. The third-order valence-corrected chi connectivity index (χ3v) is 7.60. The molecule has 7 atom stereocenters. The van der Waals surface area contributed by atoms with Gasteiger partial charge in [0.15, 0.2) is 0 Å². The molecule has 0 spiro atoms. The number of carboxylic acids is 1. The lowest BCUT2D eigenvalue weighted by Gasteiger charge is -2.38. The second-order valence-corrected chi connectivity index (χ2v) is 9.51. The third-order valence-electron chi connectivity index (χ3n) is 7.60. The Balaban J connectivity index is 1.24. The maximum atomic E-state index is 13.2. The first-order valence-electron chi connectivity index (χ1n) is 11.2. The quantitative estimate of drug-likeness (QED) is 0.665. The van der Waals surface area contributed by atoms with Crippen LogP contribution in [0, 0.1) is 17.2 Å². The second-order valence-electron chi connectivity index (χ2n) is 9.51. The molecule has 4 fully saturated rings. The fourth-order valence-electron chi connectivity index (χ4n) is 5.90. The standard InChI is InChI=1S/C23H27N5O4/c1-12(13-3-2-4-14(5-13)23(31)32)27-17-8-20(22(27)30)26(10-17)11-18(25)21(29)28-16(9-24)6-15-7-19(15)28/h2-5,12,15-20H,6-8,10-11,25H2,1H3,(H,31,32)/t12?,15?,16?,17-,18?,19?,20?/m0/s1. The number of nitriles is 1. The van der Waals surface area contributed by atoms with E-state index in [2.05, 4.69) is 6.07 Å². The maximum Gasteiger partial charge on any atom is 0.335 e. The van der Waals surface area contributed by atoms with E-state index >= 15 is 0 Å². The Morgan fingerprint density at radius 3 is 2.78 bits per heavy atom. The van der Waals surface area contributed by atoms with Gasteiger partial charge in [0.25, 0.3) is 0 Å². The average Bonchev–Trinajstić information content (AvgIpc) is 3.11. The van der Waals surface area contributed by atoms with Gasteiger partial charge in [-0.3, -0.25) is 14.5 Å². The van der Waals surface area contributed by atoms with Crippen molar-refractivity contribution in [1.82, 2.24) is 14.7 Å². The number of carbonyl (C=O) groups is 3. The number of hydrogen-bond acceptors (Lipinski definition) is 6. The fourth-order valence-corrected chi connectivity index (χ4v) is 5.90. The largest absolute Gasteiger partial charge is 0.478 e. The Kier molecular flexibility index (Phi) is 4.95. The van der Waals surface area contributed by atoms with E-state index in [1.54, 1.807) is 17.0 Å². The van der Waals surface area contributed by atoms with Crippen molar-refractivity contribution < 1.29 is 19.5 Å². The summed E-state index contributed by atoms with van der Waals surface area (Å²) in [6.07, 6.45) is 2.37. The molecule has 9 nitrogen and oxygen atoms in total. The highest BCUT2D eigenvalue weighted by molar-refractivity contribution is 5.89. The van der Waals surface area contributed by atoms with E-state index in [0.717, 1.165) is 18.4 Å². The highest BCUT2D eigenvalue weighted by Gasteiger charge is 2.56. The molecule has 2 amide bonds. The van der Waals surface area contributed by atoms with E-state index in [1.165, 1.54) is 6.07 Å². The van der Waals surface area contributed by atoms with E-state index in [0.29, 0.717) is 25.4 Å². The van der Waals surface area contributed by atoms with Crippen molar-refractivity contribution in [3.63, 3.8) is 0 Å². The average molecular weight is 438 g/mol. The van der Waals surface area contributed by atoms with E-state index < -0.39 is 12.0 Å². The first-order chi connectivity index (χ1) is 15.3. The lowest BCUT2D eigenvalue weighted by molar-refractivity contribution is -0.141. The van der Waals surface area contributed by atoms with Crippen LogP contribution in [-0.4, -0.2) is 80.9 Å². The van der Waals surface area contributed by atoms with Crippen LogP contribution in [0.25, 0.3) is 0 Å². The Labute approximate surface area is 186 Å². The van der Waals surface area contributed by atoms with Gasteiger partial charge in [0, 0.05) is 25.2 Å². The van der Waals surface area contributed by atoms with Crippen LogP contribution in [0.2, 0.25) is 0 Å². The van der Waals surface area contributed by atoms with Gasteiger partial charge in [-0.1, -0.05) is 12.1 Å². The molecule has 6 unspecified atom stereocenters. The molecule has 5 rings (SSSR count). The van der Waals surface area contributed by atoms with Crippen molar-refractivity contribution >= 4 is 17.8 Å². The van der Waals surface area contributed by atoms with Crippen molar-refractivity contribution in [3.8, 4) is 6.07 Å². The number of carbonyl (C=O) groups excluding carboxylic acids is 2. The monoisotopic (exact) mass is 437 g/mol. The van der Waals surface area contributed by atoms with Crippen LogP contribution in [0.5, 0.6) is 0 Å². The first kappa shape index (κ1) is 20.9. The zero-order valence-corrected chi connectivity index (χ0v) is 17.9. The summed E-state index contributed by atoms with van der Waals surface area (Å²) < 4.78 is 0. The van der Waals surface area contributed by atoms with Gasteiger partial charge in [0.2, 0.25) is 11.8 Å². The van der Waals surface area contributed by atoms with Crippen LogP contribution in [0.3, 0.4) is 0 Å². The molecule has 9 heteroatoms. The van der Waals surface area contributed by atoms with Crippen molar-refractivity contribution in [2.75, 3.05) is 13.1 Å². The van der Waals surface area contributed by atoms with E-state index in [4.69, 9.17) is 5.73 Å². The molecule has 0 radical (unpaired) electrons. The topological polar surface area (TPSA) is 131 Å². The Hall–Kier alpha value is -2.96. The summed E-state index contributed by atoms with van der Waals surface area (Å²) in [5, 5.41) is 18.6. The van der Waals surface area contributed by atoms with E-state index in [1.807, 2.05) is 22.8 Å². The minimum Gasteiger partial charge on any atom is -0.478 e. The van der Waals surface area contributed by atoms with Gasteiger partial charge < -0.3 is 20.6 Å². The maximum absolute atomic E-state index is 13.2. The van der Waals surface area contributed by atoms with Crippen LogP contribution < -0.4 is 5.73 Å². The fraction of sp³-hybridized carbons (Fsp3) is 0.565. The Morgan fingerprint density at radius 1 is 1.31 bits per heavy atom. The van der Waals surface area contributed by atoms with E-state index in [-0.39, 0.29) is 47.6 Å². The number of piperidine rings is 1. The SMILES string of the molecule is CC(c1cccc(C(=O)O)c1)N1C(=O)C2C[C@H]1CN2CC(N)C(=O)N1C(C#N)CC2CC21.